The molecule has 9 nitrogen and oxygen atoms in total. The molecule has 1 atom stereocenters. The molecule has 1 amide bonds. The van der Waals surface area contributed by atoms with Gasteiger partial charge >= 0.3 is 6.18 Å². The predicted octanol–water partition coefficient (Wildman–Crippen LogP) is 7.01. The van der Waals surface area contributed by atoms with E-state index in [4.69, 9.17) is 9.47 Å². The van der Waals surface area contributed by atoms with Gasteiger partial charge in [0.15, 0.2) is 28.5 Å². The van der Waals surface area contributed by atoms with Gasteiger partial charge in [-0.15, -0.1) is 0 Å². The number of benzene rings is 3. The molecular weight excluding hydrogens is 599 g/mol. The van der Waals surface area contributed by atoms with E-state index in [2.05, 4.69) is 15.2 Å². The second-order valence-electron chi connectivity index (χ2n) is 11.4. The zero-order valence-electron chi connectivity index (χ0n) is 24.8. The lowest BCUT2D eigenvalue weighted by atomic mass is 9.97. The predicted molar refractivity (Wildman–Crippen MR) is 163 cm³/mol. The first-order valence-corrected chi connectivity index (χ1v) is 14.7. The van der Waals surface area contributed by atoms with E-state index in [0.717, 1.165) is 16.6 Å². The van der Waals surface area contributed by atoms with Gasteiger partial charge in [-0.2, -0.15) is 23.4 Å². The molecule has 2 aliphatic heterocycles. The molecule has 46 heavy (non-hydrogen) atoms. The Balaban J connectivity index is 1.30. The van der Waals surface area contributed by atoms with Crippen LogP contribution < -0.4 is 9.47 Å². The summed E-state index contributed by atoms with van der Waals surface area (Å²) in [6.45, 7) is 4.88. The van der Waals surface area contributed by atoms with E-state index in [1.165, 1.54) is 12.1 Å². The second-order valence-corrected chi connectivity index (χ2v) is 11.4. The Morgan fingerprint density at radius 2 is 1.65 bits per heavy atom. The summed E-state index contributed by atoms with van der Waals surface area (Å²) in [5.41, 5.74) is 1.76. The van der Waals surface area contributed by atoms with Crippen molar-refractivity contribution < 1.29 is 32.5 Å². The van der Waals surface area contributed by atoms with Crippen molar-refractivity contribution >= 4 is 17.3 Å². The van der Waals surface area contributed by atoms with E-state index in [9.17, 15) is 23.1 Å². The van der Waals surface area contributed by atoms with Gasteiger partial charge in [-0.05, 0) is 41.8 Å². The third kappa shape index (κ3) is 5.29. The smallest absolute Gasteiger partial charge is 0.433 e. The first-order chi connectivity index (χ1) is 22.1. The first-order valence-electron chi connectivity index (χ1n) is 14.7. The molecule has 234 valence electrons. The summed E-state index contributed by atoms with van der Waals surface area (Å²) in [6, 6.07) is 20.4. The number of rotatable bonds is 5. The van der Waals surface area contributed by atoms with Gasteiger partial charge in [-0.1, -0.05) is 56.3 Å². The molecule has 0 spiro atoms. The van der Waals surface area contributed by atoms with Crippen LogP contribution in [0.15, 0.2) is 84.0 Å². The van der Waals surface area contributed by atoms with Crippen molar-refractivity contribution in [1.82, 2.24) is 19.6 Å². The molecule has 7 rings (SSSR count). The Kier molecular flexibility index (Phi) is 7.14. The molecule has 0 fully saturated rings. The lowest BCUT2D eigenvalue weighted by molar-refractivity contribution is -0.142. The largest absolute Gasteiger partial charge is 0.508 e. The maximum Gasteiger partial charge on any atom is 0.433 e. The molecular formula is C34H28F3N5O4. The summed E-state index contributed by atoms with van der Waals surface area (Å²) >= 11 is 0. The molecule has 2 aromatic heterocycles. The van der Waals surface area contributed by atoms with Crippen molar-refractivity contribution in [2.45, 2.75) is 38.4 Å². The van der Waals surface area contributed by atoms with Crippen LogP contribution in [0, 0.1) is 0 Å². The van der Waals surface area contributed by atoms with Gasteiger partial charge in [-0.3, -0.25) is 4.79 Å². The number of halogens is 3. The molecule has 1 N–H and O–H groups in total. The van der Waals surface area contributed by atoms with E-state index in [1.54, 1.807) is 48.5 Å². The van der Waals surface area contributed by atoms with Gasteiger partial charge in [0, 0.05) is 29.2 Å². The molecule has 0 unspecified atom stereocenters. The highest BCUT2D eigenvalue weighted by Gasteiger charge is 2.39. The highest BCUT2D eigenvalue weighted by atomic mass is 19.4. The summed E-state index contributed by atoms with van der Waals surface area (Å²) in [5, 5.41) is 20.5. The van der Waals surface area contributed by atoms with Crippen LogP contribution in [0.2, 0.25) is 0 Å². The number of hydrogen-bond acceptors (Lipinski definition) is 7. The Morgan fingerprint density at radius 1 is 0.935 bits per heavy atom. The summed E-state index contributed by atoms with van der Waals surface area (Å²) in [5.74, 6) is 0.585. The Bertz CT molecular complexity index is 2000. The zero-order valence-corrected chi connectivity index (χ0v) is 24.8. The molecule has 0 saturated carbocycles. The number of hydrogen-bond donors (Lipinski definition) is 1. The number of alkyl halides is 3. The van der Waals surface area contributed by atoms with Crippen molar-refractivity contribution in [3.05, 3.63) is 107 Å². The van der Waals surface area contributed by atoms with Gasteiger partial charge in [0.1, 0.15) is 19.0 Å². The third-order valence-corrected chi connectivity index (χ3v) is 8.10. The normalized spacial score (nSPS) is 16.3. The average molecular weight is 628 g/mol. The minimum atomic E-state index is -4.78. The molecule has 12 heteroatoms. The van der Waals surface area contributed by atoms with Crippen LogP contribution in [0.25, 0.3) is 16.9 Å². The van der Waals surface area contributed by atoms with Crippen LogP contribution in [-0.2, 0) is 6.18 Å². The SMILES string of the molecule is CC(C)c1ccc(-c2cc(C(F)(F)F)n3nc(C(=O)N4N=C(c5ccc6c(c5)OCCO6)C[C@@H]4c4ccccc4O)cc3n2)cc1. The average Bonchev–Trinajstić information content (AvgIpc) is 3.69. The lowest BCUT2D eigenvalue weighted by Crippen LogP contribution is -2.27. The second kappa shape index (κ2) is 11.2. The fraction of sp³-hybridized carbons (Fsp3) is 0.235. The first kappa shape index (κ1) is 29.3. The molecule has 0 bridgehead atoms. The van der Waals surface area contributed by atoms with Crippen molar-refractivity contribution in [3.63, 3.8) is 0 Å². The number of aromatic nitrogens is 3. The summed E-state index contributed by atoms with van der Waals surface area (Å²) < 4.78 is 55.0. The van der Waals surface area contributed by atoms with Gasteiger partial charge in [0.2, 0.25) is 0 Å². The molecule has 0 saturated heterocycles. The van der Waals surface area contributed by atoms with Crippen LogP contribution in [0.1, 0.15) is 65.1 Å². The van der Waals surface area contributed by atoms with Gasteiger partial charge in [0.25, 0.3) is 5.91 Å². The Hall–Kier alpha value is -5.39. The minimum absolute atomic E-state index is 0.0481. The highest BCUT2D eigenvalue weighted by Crippen LogP contribution is 2.40. The van der Waals surface area contributed by atoms with Gasteiger partial charge < -0.3 is 14.6 Å². The third-order valence-electron chi connectivity index (χ3n) is 8.10. The fourth-order valence-corrected chi connectivity index (χ4v) is 5.69. The van der Waals surface area contributed by atoms with Crippen molar-refractivity contribution in [2.75, 3.05) is 13.2 Å². The van der Waals surface area contributed by atoms with Gasteiger partial charge in [-0.25, -0.2) is 14.5 Å². The molecule has 5 aromatic rings. The maximum atomic E-state index is 14.3. The van der Waals surface area contributed by atoms with Crippen LogP contribution >= 0.6 is 0 Å². The van der Waals surface area contributed by atoms with Crippen LogP contribution in [0.5, 0.6) is 17.2 Å². The Labute approximate surface area is 261 Å². The van der Waals surface area contributed by atoms with Gasteiger partial charge in [0.05, 0.1) is 17.4 Å². The molecule has 4 heterocycles. The maximum absolute atomic E-state index is 14.3. The monoisotopic (exact) mass is 627 g/mol. The molecule has 0 radical (unpaired) electrons. The molecule has 0 aliphatic carbocycles. The number of phenols is 1. The fourth-order valence-electron chi connectivity index (χ4n) is 5.69. The number of aromatic hydroxyl groups is 1. The standard InChI is InChI=1S/C34H28F3N5O4/c1-19(2)20-7-9-21(10-8-20)24-17-31(34(35,36)37)42-32(38-24)18-26(40-42)33(44)41-27(23-5-3-4-6-28(23)43)16-25(39-41)22-11-12-29-30(15-22)46-14-13-45-29/h3-12,15,17-19,27,43H,13-14,16H2,1-2H3/t27-/m1/s1. The number of fused-ring (bicyclic) bond motifs is 2. The summed E-state index contributed by atoms with van der Waals surface area (Å²) in [4.78, 5) is 18.5. The number of carbonyl (C=O) groups excluding carboxylic acids is 1. The van der Waals surface area contributed by atoms with Crippen LogP contribution in [-0.4, -0.2) is 49.5 Å². The van der Waals surface area contributed by atoms with E-state index in [0.29, 0.717) is 51.6 Å². The van der Waals surface area contributed by atoms with Crippen molar-refractivity contribution in [1.29, 1.82) is 0 Å². The van der Waals surface area contributed by atoms with Crippen molar-refractivity contribution in [3.8, 4) is 28.5 Å². The number of carbonyl (C=O) groups is 1. The van der Waals surface area contributed by atoms with Crippen molar-refractivity contribution in [2.24, 2.45) is 5.10 Å². The number of hydrazone groups is 1. The number of ether oxygens (including phenoxy) is 2. The number of amides is 1. The number of phenolic OH excluding ortho intramolecular Hbond substituents is 1. The zero-order chi connectivity index (χ0) is 32.2. The summed E-state index contributed by atoms with van der Waals surface area (Å²) in [6.07, 6.45) is -4.56. The Morgan fingerprint density at radius 3 is 2.37 bits per heavy atom. The molecule has 3 aromatic carbocycles. The number of nitrogens with zero attached hydrogens (tertiary/aromatic N) is 5. The topological polar surface area (TPSA) is 102 Å². The minimum Gasteiger partial charge on any atom is -0.508 e. The number of para-hydroxylation sites is 1. The van der Waals surface area contributed by atoms with E-state index in [1.807, 2.05) is 26.0 Å². The van der Waals surface area contributed by atoms with E-state index >= 15 is 0 Å². The summed E-state index contributed by atoms with van der Waals surface area (Å²) in [7, 11) is 0. The highest BCUT2D eigenvalue weighted by molar-refractivity contribution is 6.05. The van der Waals surface area contributed by atoms with Crippen LogP contribution in [0.4, 0.5) is 13.2 Å². The lowest BCUT2D eigenvalue weighted by Gasteiger charge is -2.21. The van der Waals surface area contributed by atoms with Crippen LogP contribution in [0.3, 0.4) is 0 Å². The quantitative estimate of drug-likeness (QED) is 0.225. The molecule has 2 aliphatic rings. The van der Waals surface area contributed by atoms with E-state index in [-0.39, 0.29) is 35.1 Å². The van der Waals surface area contributed by atoms with E-state index < -0.39 is 23.8 Å².